The lowest BCUT2D eigenvalue weighted by molar-refractivity contribution is 0.0593. The average molecular weight is 423 g/mol. The summed E-state index contributed by atoms with van der Waals surface area (Å²) in [6.07, 6.45) is 1.54. The third-order valence-electron chi connectivity index (χ3n) is 5.13. The van der Waals surface area contributed by atoms with Gasteiger partial charge in [0.2, 0.25) is 0 Å². The van der Waals surface area contributed by atoms with Crippen molar-refractivity contribution in [2.75, 3.05) is 12.8 Å². The fourth-order valence-corrected chi connectivity index (χ4v) is 3.42. The fraction of sp³-hybridized carbons (Fsp3) is 0.0769. The number of carbonyl (C=O) groups excluding carboxylic acids is 1. The van der Waals surface area contributed by atoms with E-state index in [0.717, 1.165) is 22.4 Å². The Labute approximate surface area is 186 Å². The zero-order chi connectivity index (χ0) is 22.5. The number of methoxy groups -OCH3 is 1. The van der Waals surface area contributed by atoms with Crippen molar-refractivity contribution in [1.29, 1.82) is 5.26 Å². The van der Waals surface area contributed by atoms with E-state index in [1.165, 1.54) is 13.3 Å². The van der Waals surface area contributed by atoms with E-state index in [9.17, 15) is 10.1 Å². The van der Waals surface area contributed by atoms with Gasteiger partial charge < -0.3 is 19.8 Å². The van der Waals surface area contributed by atoms with E-state index in [4.69, 9.17) is 15.2 Å². The molecule has 4 aromatic rings. The van der Waals surface area contributed by atoms with Gasteiger partial charge in [0.05, 0.1) is 18.4 Å². The van der Waals surface area contributed by atoms with Crippen molar-refractivity contribution in [1.82, 2.24) is 4.57 Å². The highest BCUT2D eigenvalue weighted by atomic mass is 16.5. The number of benzene rings is 3. The van der Waals surface area contributed by atoms with Gasteiger partial charge in [0.1, 0.15) is 18.4 Å². The summed E-state index contributed by atoms with van der Waals surface area (Å²) < 4.78 is 12.2. The minimum absolute atomic E-state index is 0.106. The first-order valence-electron chi connectivity index (χ1n) is 9.97. The minimum atomic E-state index is -0.598. The molecule has 0 fully saturated rings. The van der Waals surface area contributed by atoms with Gasteiger partial charge in [-0.1, -0.05) is 54.6 Å². The summed E-state index contributed by atoms with van der Waals surface area (Å²) in [4.78, 5) is 12.2. The van der Waals surface area contributed by atoms with Gasteiger partial charge in [-0.3, -0.25) is 0 Å². The smallest absolute Gasteiger partial charge is 0.357 e. The Morgan fingerprint density at radius 3 is 2.19 bits per heavy atom. The van der Waals surface area contributed by atoms with Gasteiger partial charge in [-0.2, -0.15) is 5.26 Å². The standard InChI is InChI=1S/C26H21N3O3/c1-31-26(30)25-24(28)21(15-27)16-29(25)22-11-7-19(8-12-22)20-9-13-23(14-10-20)32-17-18-5-3-2-4-6-18/h2-14,16H,17,28H2,1H3. The van der Waals surface area contributed by atoms with Crippen LogP contribution in [-0.2, 0) is 11.3 Å². The second-order valence-corrected chi connectivity index (χ2v) is 7.12. The molecule has 0 aliphatic heterocycles. The molecule has 4 rings (SSSR count). The van der Waals surface area contributed by atoms with Crippen molar-refractivity contribution < 1.29 is 14.3 Å². The normalized spacial score (nSPS) is 10.4. The topological polar surface area (TPSA) is 90.3 Å². The molecule has 0 atom stereocenters. The maximum Gasteiger partial charge on any atom is 0.357 e. The molecule has 0 bridgehead atoms. The summed E-state index contributed by atoms with van der Waals surface area (Å²) >= 11 is 0. The SMILES string of the molecule is COC(=O)c1c(N)c(C#N)cn1-c1ccc(-c2ccc(OCc3ccccc3)cc2)cc1. The number of ether oxygens (including phenoxy) is 2. The Hall–Kier alpha value is -4.50. The molecule has 6 nitrogen and oxygen atoms in total. The van der Waals surface area contributed by atoms with Crippen molar-refractivity contribution in [2.24, 2.45) is 0 Å². The quantitative estimate of drug-likeness (QED) is 0.443. The number of hydrogen-bond acceptors (Lipinski definition) is 5. The van der Waals surface area contributed by atoms with Crippen molar-refractivity contribution >= 4 is 11.7 Å². The number of hydrogen-bond donors (Lipinski definition) is 1. The summed E-state index contributed by atoms with van der Waals surface area (Å²) in [6.45, 7) is 0.516. The van der Waals surface area contributed by atoms with E-state index in [2.05, 4.69) is 0 Å². The largest absolute Gasteiger partial charge is 0.489 e. The molecule has 32 heavy (non-hydrogen) atoms. The van der Waals surface area contributed by atoms with Gasteiger partial charge in [0.25, 0.3) is 0 Å². The molecule has 1 heterocycles. The van der Waals surface area contributed by atoms with Gasteiger partial charge in [-0.25, -0.2) is 4.79 Å². The summed E-state index contributed by atoms with van der Waals surface area (Å²) in [7, 11) is 1.28. The summed E-state index contributed by atoms with van der Waals surface area (Å²) in [5, 5.41) is 9.27. The fourth-order valence-electron chi connectivity index (χ4n) is 3.42. The monoisotopic (exact) mass is 423 g/mol. The molecule has 0 spiro atoms. The summed E-state index contributed by atoms with van der Waals surface area (Å²) in [6, 6.07) is 27.5. The van der Waals surface area contributed by atoms with Gasteiger partial charge >= 0.3 is 5.97 Å². The first-order valence-corrected chi connectivity index (χ1v) is 9.97. The Kier molecular flexibility index (Phi) is 5.91. The predicted octanol–water partition coefficient (Wildman–Crippen LogP) is 4.96. The molecule has 0 saturated heterocycles. The van der Waals surface area contributed by atoms with Crippen LogP contribution in [0.5, 0.6) is 5.75 Å². The Morgan fingerprint density at radius 1 is 0.969 bits per heavy atom. The van der Waals surface area contributed by atoms with Crippen LogP contribution in [0.3, 0.4) is 0 Å². The maximum absolute atomic E-state index is 12.2. The lowest BCUT2D eigenvalue weighted by Crippen LogP contribution is -2.11. The van der Waals surface area contributed by atoms with Crippen LogP contribution in [0.1, 0.15) is 21.6 Å². The average Bonchev–Trinajstić information content (AvgIpc) is 3.19. The van der Waals surface area contributed by atoms with E-state index in [-0.39, 0.29) is 16.9 Å². The van der Waals surface area contributed by atoms with Crippen LogP contribution in [0.4, 0.5) is 5.69 Å². The number of nitrogens with two attached hydrogens (primary N) is 1. The molecule has 3 aromatic carbocycles. The van der Waals surface area contributed by atoms with Crippen molar-refractivity contribution in [3.63, 3.8) is 0 Å². The van der Waals surface area contributed by atoms with Crippen LogP contribution >= 0.6 is 0 Å². The molecular formula is C26H21N3O3. The lowest BCUT2D eigenvalue weighted by atomic mass is 10.1. The molecule has 0 radical (unpaired) electrons. The number of nitrogens with zero attached hydrogens (tertiary/aromatic N) is 2. The lowest BCUT2D eigenvalue weighted by Gasteiger charge is -2.10. The molecule has 158 valence electrons. The van der Waals surface area contributed by atoms with E-state index in [0.29, 0.717) is 12.3 Å². The Bertz CT molecular complexity index is 1270. The zero-order valence-electron chi connectivity index (χ0n) is 17.5. The molecule has 0 unspecified atom stereocenters. The number of carbonyl (C=O) groups is 1. The zero-order valence-corrected chi connectivity index (χ0v) is 17.5. The number of aromatic nitrogens is 1. The van der Waals surface area contributed by atoms with Crippen molar-refractivity contribution in [2.45, 2.75) is 6.61 Å². The summed E-state index contributed by atoms with van der Waals surface area (Å²) in [5.74, 6) is 0.197. The van der Waals surface area contributed by atoms with E-state index < -0.39 is 5.97 Å². The van der Waals surface area contributed by atoms with Crippen molar-refractivity contribution in [3.8, 4) is 28.6 Å². The van der Waals surface area contributed by atoms with Crippen LogP contribution in [0.2, 0.25) is 0 Å². The minimum Gasteiger partial charge on any atom is -0.489 e. The number of esters is 1. The number of nitrogen functional groups attached to an aromatic ring is 1. The molecule has 2 N–H and O–H groups in total. The first kappa shape index (κ1) is 20.8. The second kappa shape index (κ2) is 9.11. The van der Waals surface area contributed by atoms with E-state index in [1.807, 2.05) is 84.9 Å². The van der Waals surface area contributed by atoms with Gasteiger partial charge in [0, 0.05) is 11.9 Å². The van der Waals surface area contributed by atoms with E-state index >= 15 is 0 Å². The molecule has 0 aliphatic carbocycles. The molecule has 1 aromatic heterocycles. The van der Waals surface area contributed by atoms with E-state index in [1.54, 1.807) is 4.57 Å². The highest BCUT2D eigenvalue weighted by molar-refractivity contribution is 5.96. The summed E-state index contributed by atoms with van der Waals surface area (Å²) in [5.41, 5.74) is 10.3. The van der Waals surface area contributed by atoms with Crippen LogP contribution in [0.15, 0.2) is 85.1 Å². The Balaban J connectivity index is 1.53. The van der Waals surface area contributed by atoms with Gasteiger partial charge in [-0.15, -0.1) is 0 Å². The molecule has 6 heteroatoms. The number of nitriles is 1. The third kappa shape index (κ3) is 4.18. The van der Waals surface area contributed by atoms with Crippen LogP contribution in [0, 0.1) is 11.3 Å². The van der Waals surface area contributed by atoms with Crippen LogP contribution in [-0.4, -0.2) is 17.6 Å². The Morgan fingerprint density at radius 2 is 1.59 bits per heavy atom. The van der Waals surface area contributed by atoms with Crippen LogP contribution in [0.25, 0.3) is 16.8 Å². The third-order valence-corrected chi connectivity index (χ3v) is 5.13. The van der Waals surface area contributed by atoms with Crippen molar-refractivity contribution in [3.05, 3.63) is 102 Å². The van der Waals surface area contributed by atoms with Gasteiger partial charge in [0.15, 0.2) is 5.69 Å². The molecule has 0 saturated carbocycles. The number of anilines is 1. The second-order valence-electron chi connectivity index (χ2n) is 7.12. The predicted molar refractivity (Wildman–Crippen MR) is 122 cm³/mol. The van der Waals surface area contributed by atoms with Gasteiger partial charge in [-0.05, 0) is 41.0 Å². The molecular weight excluding hydrogens is 402 g/mol. The molecule has 0 aliphatic rings. The molecule has 0 amide bonds. The highest BCUT2D eigenvalue weighted by Crippen LogP contribution is 2.28. The first-order chi connectivity index (χ1) is 15.6. The maximum atomic E-state index is 12.2. The highest BCUT2D eigenvalue weighted by Gasteiger charge is 2.21. The van der Waals surface area contributed by atoms with Crippen LogP contribution < -0.4 is 10.5 Å². The number of rotatable bonds is 6.